The van der Waals surface area contributed by atoms with E-state index in [0.29, 0.717) is 39.1 Å². The van der Waals surface area contributed by atoms with Gasteiger partial charge in [0.2, 0.25) is 0 Å². The zero-order valence-electron chi connectivity index (χ0n) is 15.5. The summed E-state index contributed by atoms with van der Waals surface area (Å²) in [6, 6.07) is 10.4. The van der Waals surface area contributed by atoms with Gasteiger partial charge in [-0.25, -0.2) is 0 Å². The fourth-order valence-electron chi connectivity index (χ4n) is 2.78. The maximum atomic E-state index is 10.6. The minimum Gasteiger partial charge on any atom is -0.388 e. The zero-order chi connectivity index (χ0) is 17.5. The molecule has 0 spiro atoms. The fourth-order valence-corrected chi connectivity index (χ4v) is 2.78. The Balaban J connectivity index is 0.00000312. The van der Waals surface area contributed by atoms with E-state index in [2.05, 4.69) is 48.7 Å². The molecule has 0 unspecified atom stereocenters. The van der Waals surface area contributed by atoms with Crippen LogP contribution in [0, 0.1) is 0 Å². The Hall–Kier alpha value is -0.860. The number of nitrogens with zero attached hydrogens (tertiary/aromatic N) is 1. The van der Waals surface area contributed by atoms with Crippen molar-refractivity contribution >= 4 is 29.9 Å². The number of aliphatic imine (C=N–C) groups is 1. The van der Waals surface area contributed by atoms with Crippen LogP contribution in [0.1, 0.15) is 39.2 Å². The number of nitrogens with one attached hydrogen (secondary N) is 2. The molecule has 5 nitrogen and oxygen atoms in total. The fraction of sp³-hybridized carbons (Fsp3) is 0.632. The van der Waals surface area contributed by atoms with Gasteiger partial charge in [-0.2, -0.15) is 0 Å². The summed E-state index contributed by atoms with van der Waals surface area (Å²) in [5.74, 6) is 0.751. The largest absolute Gasteiger partial charge is 0.388 e. The summed E-state index contributed by atoms with van der Waals surface area (Å²) in [5, 5.41) is 17.1. The van der Waals surface area contributed by atoms with Gasteiger partial charge in [0.25, 0.3) is 0 Å². The first-order valence-corrected chi connectivity index (χ1v) is 8.83. The second kappa shape index (κ2) is 10.3. The van der Waals surface area contributed by atoms with Crippen molar-refractivity contribution in [1.29, 1.82) is 0 Å². The molecule has 1 heterocycles. The molecule has 0 bridgehead atoms. The molecule has 0 saturated carbocycles. The van der Waals surface area contributed by atoms with E-state index in [4.69, 9.17) is 9.73 Å². The number of benzene rings is 1. The second-order valence-corrected chi connectivity index (χ2v) is 7.14. The molecule has 2 rings (SSSR count). The molecular weight excluding hydrogens is 429 g/mol. The van der Waals surface area contributed by atoms with E-state index in [-0.39, 0.29) is 29.4 Å². The summed E-state index contributed by atoms with van der Waals surface area (Å²) in [6.07, 6.45) is 1.32. The van der Waals surface area contributed by atoms with Crippen LogP contribution in [-0.2, 0) is 10.2 Å². The minimum atomic E-state index is -0.705. The molecule has 0 radical (unpaired) electrons. The Morgan fingerprint density at radius 1 is 1.20 bits per heavy atom. The maximum absolute atomic E-state index is 10.6. The molecule has 142 valence electrons. The maximum Gasteiger partial charge on any atom is 0.191 e. The molecule has 6 heteroatoms. The molecule has 1 saturated heterocycles. The van der Waals surface area contributed by atoms with Crippen molar-refractivity contribution in [2.75, 3.05) is 32.8 Å². The van der Waals surface area contributed by atoms with Gasteiger partial charge in [-0.1, -0.05) is 44.2 Å². The highest BCUT2D eigenvalue weighted by molar-refractivity contribution is 14.0. The Morgan fingerprint density at radius 2 is 1.84 bits per heavy atom. The van der Waals surface area contributed by atoms with E-state index in [9.17, 15) is 5.11 Å². The summed E-state index contributed by atoms with van der Waals surface area (Å²) in [7, 11) is 0. The van der Waals surface area contributed by atoms with Gasteiger partial charge in [0, 0.05) is 44.6 Å². The van der Waals surface area contributed by atoms with Crippen molar-refractivity contribution in [3.8, 4) is 0 Å². The van der Waals surface area contributed by atoms with Crippen LogP contribution in [0.4, 0.5) is 0 Å². The van der Waals surface area contributed by atoms with Crippen LogP contribution in [0.15, 0.2) is 35.3 Å². The molecule has 0 aromatic heterocycles. The quantitative estimate of drug-likeness (QED) is 0.346. The van der Waals surface area contributed by atoms with Crippen LogP contribution in [0.2, 0.25) is 0 Å². The Labute approximate surface area is 168 Å². The van der Waals surface area contributed by atoms with Gasteiger partial charge in [0.15, 0.2) is 5.96 Å². The van der Waals surface area contributed by atoms with Gasteiger partial charge in [0.1, 0.15) is 0 Å². The van der Waals surface area contributed by atoms with Gasteiger partial charge in [-0.05, 0) is 12.5 Å². The van der Waals surface area contributed by atoms with Crippen LogP contribution in [0.5, 0.6) is 0 Å². The average Bonchev–Trinajstić information content (AvgIpc) is 2.59. The van der Waals surface area contributed by atoms with E-state index in [1.165, 1.54) is 5.56 Å². The predicted molar refractivity (Wildman–Crippen MR) is 114 cm³/mol. The second-order valence-electron chi connectivity index (χ2n) is 7.14. The topological polar surface area (TPSA) is 65.9 Å². The van der Waals surface area contributed by atoms with Crippen molar-refractivity contribution in [2.45, 2.75) is 44.6 Å². The highest BCUT2D eigenvalue weighted by Crippen LogP contribution is 2.23. The van der Waals surface area contributed by atoms with Gasteiger partial charge in [-0.15, -0.1) is 24.0 Å². The highest BCUT2D eigenvalue weighted by atomic mass is 127. The lowest BCUT2D eigenvalue weighted by atomic mass is 9.85. The van der Waals surface area contributed by atoms with Gasteiger partial charge >= 0.3 is 0 Å². The van der Waals surface area contributed by atoms with Crippen LogP contribution in [0.25, 0.3) is 0 Å². The SMILES string of the molecule is CCNC(=NCC(C)(C)c1ccccc1)NCC1(O)CCOCC1.I. The molecule has 0 amide bonds. The monoisotopic (exact) mass is 461 g/mol. The molecule has 1 fully saturated rings. The number of guanidine groups is 1. The standard InChI is InChI=1S/C19H31N3O2.HI/c1-4-20-17(22-15-19(23)10-12-24-13-11-19)21-14-18(2,3)16-8-6-5-7-9-16;/h5-9,23H,4,10-15H2,1-3H3,(H2,20,21,22);1H. The molecule has 1 aromatic carbocycles. The molecule has 3 N–H and O–H groups in total. The average molecular weight is 461 g/mol. The lowest BCUT2D eigenvalue weighted by molar-refractivity contribution is -0.0594. The molecule has 0 aliphatic carbocycles. The van der Waals surface area contributed by atoms with Crippen molar-refractivity contribution in [3.63, 3.8) is 0 Å². The number of ether oxygens (including phenoxy) is 1. The first-order valence-electron chi connectivity index (χ1n) is 8.83. The molecule has 1 aliphatic heterocycles. The number of rotatable bonds is 6. The van der Waals surface area contributed by atoms with Crippen LogP contribution in [-0.4, -0.2) is 49.5 Å². The number of hydrogen-bond acceptors (Lipinski definition) is 3. The lowest BCUT2D eigenvalue weighted by Crippen LogP contribution is -2.49. The minimum absolute atomic E-state index is 0. The first-order chi connectivity index (χ1) is 11.5. The van der Waals surface area contributed by atoms with Crippen molar-refractivity contribution in [1.82, 2.24) is 10.6 Å². The van der Waals surface area contributed by atoms with E-state index in [1.54, 1.807) is 0 Å². The van der Waals surface area contributed by atoms with Gasteiger partial charge in [-0.3, -0.25) is 4.99 Å². The molecule has 0 atom stereocenters. The molecule has 1 aliphatic rings. The van der Waals surface area contributed by atoms with Gasteiger partial charge in [0.05, 0.1) is 12.1 Å². The Morgan fingerprint density at radius 3 is 2.44 bits per heavy atom. The highest BCUT2D eigenvalue weighted by Gasteiger charge is 2.30. The van der Waals surface area contributed by atoms with E-state index >= 15 is 0 Å². The summed E-state index contributed by atoms with van der Waals surface area (Å²) in [6.45, 7) is 9.63. The molecule has 1 aromatic rings. The summed E-state index contributed by atoms with van der Waals surface area (Å²) in [4.78, 5) is 4.73. The zero-order valence-corrected chi connectivity index (χ0v) is 17.9. The number of halogens is 1. The summed E-state index contributed by atoms with van der Waals surface area (Å²) in [5.41, 5.74) is 0.524. The number of aliphatic hydroxyl groups is 1. The molecular formula is C19H32IN3O2. The number of hydrogen-bond donors (Lipinski definition) is 3. The Bertz CT molecular complexity index is 529. The first kappa shape index (κ1) is 22.2. The van der Waals surface area contributed by atoms with Crippen molar-refractivity contribution < 1.29 is 9.84 Å². The van der Waals surface area contributed by atoms with Crippen molar-refractivity contribution in [3.05, 3.63) is 35.9 Å². The Kier molecular flexibility index (Phi) is 9.16. The van der Waals surface area contributed by atoms with Crippen LogP contribution >= 0.6 is 24.0 Å². The lowest BCUT2D eigenvalue weighted by Gasteiger charge is -2.32. The predicted octanol–water partition coefficient (Wildman–Crippen LogP) is 2.68. The normalized spacial score (nSPS) is 17.5. The van der Waals surface area contributed by atoms with Crippen LogP contribution in [0.3, 0.4) is 0 Å². The third-order valence-electron chi connectivity index (χ3n) is 4.54. The third kappa shape index (κ3) is 7.11. The third-order valence-corrected chi connectivity index (χ3v) is 4.54. The van der Waals surface area contributed by atoms with Crippen LogP contribution < -0.4 is 10.6 Å². The smallest absolute Gasteiger partial charge is 0.191 e. The van der Waals surface area contributed by atoms with E-state index in [1.807, 2.05) is 13.0 Å². The summed E-state index contributed by atoms with van der Waals surface area (Å²) < 4.78 is 5.33. The van der Waals surface area contributed by atoms with E-state index in [0.717, 1.165) is 12.5 Å². The van der Waals surface area contributed by atoms with Gasteiger partial charge < -0.3 is 20.5 Å². The molecule has 25 heavy (non-hydrogen) atoms. The summed E-state index contributed by atoms with van der Waals surface area (Å²) >= 11 is 0. The van der Waals surface area contributed by atoms with Crippen molar-refractivity contribution in [2.24, 2.45) is 4.99 Å². The van der Waals surface area contributed by atoms with E-state index < -0.39 is 5.60 Å².